The number of cyclic esters (lactones) is 1. The number of likely N-dealkylation sites (tertiary alicyclic amines) is 1. The Kier molecular flexibility index (Phi) is 4.55. The highest BCUT2D eigenvalue weighted by Gasteiger charge is 2.43. The predicted octanol–water partition coefficient (Wildman–Crippen LogP) is 2.25. The normalized spacial score (nSPS) is 24.0. The van der Waals surface area contributed by atoms with Crippen LogP contribution in [-0.4, -0.2) is 48.3 Å². The van der Waals surface area contributed by atoms with Crippen LogP contribution < -0.4 is 15.6 Å². The number of methoxy groups -OCH3 is 1. The first-order chi connectivity index (χ1) is 13.0. The number of amides is 1. The number of carbonyl (C=O) groups excluding carboxylic acids is 1. The lowest BCUT2D eigenvalue weighted by atomic mass is 9.80. The lowest BCUT2D eigenvalue weighted by Crippen LogP contribution is -2.51. The van der Waals surface area contributed by atoms with Gasteiger partial charge in [-0.05, 0) is 63.0 Å². The Labute approximate surface area is 157 Å². The summed E-state index contributed by atoms with van der Waals surface area (Å²) in [5.74, 6) is 1.16. The first-order valence-corrected chi connectivity index (χ1v) is 9.34. The van der Waals surface area contributed by atoms with Crippen molar-refractivity contribution in [3.8, 4) is 5.75 Å². The van der Waals surface area contributed by atoms with E-state index in [-0.39, 0.29) is 17.2 Å². The average Bonchev–Trinajstić information content (AvgIpc) is 3.02. The Morgan fingerprint density at radius 2 is 2.04 bits per heavy atom. The van der Waals surface area contributed by atoms with Gasteiger partial charge in [-0.1, -0.05) is 0 Å². The molecule has 2 saturated heterocycles. The molecule has 1 aromatic carbocycles. The molecule has 4 rings (SSSR count). The first-order valence-electron chi connectivity index (χ1n) is 9.34. The molecule has 2 fully saturated rings. The van der Waals surface area contributed by atoms with Gasteiger partial charge >= 0.3 is 6.09 Å². The predicted molar refractivity (Wildman–Crippen MR) is 102 cm³/mol. The van der Waals surface area contributed by atoms with Crippen LogP contribution in [0.1, 0.15) is 25.3 Å². The van der Waals surface area contributed by atoms with Crippen molar-refractivity contribution in [2.24, 2.45) is 5.92 Å². The van der Waals surface area contributed by atoms with E-state index < -0.39 is 0 Å². The Hall–Kier alpha value is -2.54. The lowest BCUT2D eigenvalue weighted by molar-refractivity contribution is 0.109. The smallest absolute Gasteiger partial charge is 0.407 e. The molecule has 0 bridgehead atoms. The standard InChI is InChI=1S/C20H25N3O4/c1-20(12-27-19(25)22-20)15-5-7-23(8-6-15)11-14-9-13-10-16(26-2)3-4-17(13)21-18(14)24/h3-4,9-10,15H,5-8,11-12H2,1-2H3,(H,21,24)(H,22,25). The molecule has 0 spiro atoms. The van der Waals surface area contributed by atoms with E-state index in [1.165, 1.54) is 0 Å². The molecule has 7 heteroatoms. The number of pyridine rings is 1. The minimum Gasteiger partial charge on any atom is -0.497 e. The molecule has 1 aromatic heterocycles. The number of benzene rings is 1. The summed E-state index contributed by atoms with van der Waals surface area (Å²) in [6, 6.07) is 7.60. The number of H-pyrrole nitrogens is 1. The molecule has 144 valence electrons. The van der Waals surface area contributed by atoms with E-state index in [0.717, 1.165) is 48.1 Å². The van der Waals surface area contributed by atoms with Gasteiger partial charge in [0.05, 0.1) is 12.6 Å². The summed E-state index contributed by atoms with van der Waals surface area (Å²) in [6.07, 6.45) is 1.62. The van der Waals surface area contributed by atoms with Gasteiger partial charge in [-0.2, -0.15) is 0 Å². The topological polar surface area (TPSA) is 83.7 Å². The van der Waals surface area contributed by atoms with Gasteiger partial charge in [-0.3, -0.25) is 9.69 Å². The highest BCUT2D eigenvalue weighted by Crippen LogP contribution is 2.31. The Morgan fingerprint density at radius 3 is 2.70 bits per heavy atom. The molecule has 3 heterocycles. The van der Waals surface area contributed by atoms with Crippen molar-refractivity contribution < 1.29 is 14.3 Å². The van der Waals surface area contributed by atoms with Crippen LogP contribution in [0.2, 0.25) is 0 Å². The molecule has 1 unspecified atom stereocenters. The lowest BCUT2D eigenvalue weighted by Gasteiger charge is -2.39. The van der Waals surface area contributed by atoms with Crippen LogP contribution in [0, 0.1) is 5.92 Å². The second-order valence-corrected chi connectivity index (χ2v) is 7.75. The Balaban J connectivity index is 1.45. The third kappa shape index (κ3) is 3.51. The molecule has 2 aliphatic heterocycles. The molecule has 2 N–H and O–H groups in total. The van der Waals surface area contributed by atoms with Crippen molar-refractivity contribution in [1.82, 2.24) is 15.2 Å². The van der Waals surface area contributed by atoms with Crippen molar-refractivity contribution in [3.63, 3.8) is 0 Å². The number of rotatable bonds is 4. The van der Waals surface area contributed by atoms with Gasteiger partial charge < -0.3 is 19.8 Å². The van der Waals surface area contributed by atoms with E-state index in [9.17, 15) is 9.59 Å². The number of piperidine rings is 1. The van der Waals surface area contributed by atoms with E-state index in [4.69, 9.17) is 9.47 Å². The maximum absolute atomic E-state index is 12.4. The van der Waals surface area contributed by atoms with Crippen molar-refractivity contribution in [3.05, 3.63) is 40.2 Å². The molecule has 1 atom stereocenters. The highest BCUT2D eigenvalue weighted by atomic mass is 16.6. The van der Waals surface area contributed by atoms with Crippen LogP contribution in [-0.2, 0) is 11.3 Å². The number of hydrogen-bond acceptors (Lipinski definition) is 5. The van der Waals surface area contributed by atoms with Gasteiger partial charge in [-0.15, -0.1) is 0 Å². The van der Waals surface area contributed by atoms with Crippen LogP contribution in [0.5, 0.6) is 5.75 Å². The first kappa shape index (κ1) is 17.9. The van der Waals surface area contributed by atoms with E-state index in [1.807, 2.05) is 24.3 Å². The van der Waals surface area contributed by atoms with Crippen LogP contribution in [0.15, 0.2) is 29.1 Å². The molecule has 27 heavy (non-hydrogen) atoms. The number of nitrogens with one attached hydrogen (secondary N) is 2. The zero-order chi connectivity index (χ0) is 19.0. The van der Waals surface area contributed by atoms with Gasteiger partial charge in [0.25, 0.3) is 5.56 Å². The molecule has 2 aromatic rings. The van der Waals surface area contributed by atoms with Gasteiger partial charge in [0, 0.05) is 23.0 Å². The summed E-state index contributed by atoms with van der Waals surface area (Å²) >= 11 is 0. The third-order valence-corrected chi connectivity index (χ3v) is 5.90. The number of ether oxygens (including phenoxy) is 2. The minimum absolute atomic E-state index is 0.0433. The third-order valence-electron chi connectivity index (χ3n) is 5.90. The number of alkyl carbamates (subject to hydrolysis) is 1. The summed E-state index contributed by atoms with van der Waals surface area (Å²) < 4.78 is 10.4. The maximum atomic E-state index is 12.4. The van der Waals surface area contributed by atoms with Crippen molar-refractivity contribution in [2.75, 3.05) is 26.8 Å². The van der Waals surface area contributed by atoms with Gasteiger partial charge in [0.2, 0.25) is 0 Å². The number of aromatic nitrogens is 1. The average molecular weight is 371 g/mol. The molecule has 0 aliphatic carbocycles. The molecular formula is C20H25N3O4. The number of fused-ring (bicyclic) bond motifs is 1. The quantitative estimate of drug-likeness (QED) is 0.861. The maximum Gasteiger partial charge on any atom is 0.407 e. The van der Waals surface area contributed by atoms with E-state index in [0.29, 0.717) is 19.1 Å². The van der Waals surface area contributed by atoms with Crippen LogP contribution >= 0.6 is 0 Å². The summed E-state index contributed by atoms with van der Waals surface area (Å²) in [7, 11) is 1.64. The summed E-state index contributed by atoms with van der Waals surface area (Å²) in [5.41, 5.74) is 1.25. The zero-order valence-electron chi connectivity index (χ0n) is 15.7. The number of hydrogen-bond donors (Lipinski definition) is 2. The second kappa shape index (κ2) is 6.88. The fourth-order valence-electron chi connectivity index (χ4n) is 4.18. The van der Waals surface area contributed by atoms with Crippen molar-refractivity contribution in [2.45, 2.75) is 31.8 Å². The molecule has 0 saturated carbocycles. The largest absolute Gasteiger partial charge is 0.497 e. The molecule has 1 amide bonds. The number of aromatic amines is 1. The fraction of sp³-hybridized carbons (Fsp3) is 0.500. The number of nitrogens with zero attached hydrogens (tertiary/aromatic N) is 1. The van der Waals surface area contributed by atoms with Gasteiger partial charge in [0.1, 0.15) is 12.4 Å². The zero-order valence-corrected chi connectivity index (χ0v) is 15.7. The SMILES string of the molecule is COc1ccc2[nH]c(=O)c(CN3CCC(C4(C)COC(=O)N4)CC3)cc2c1. The molecular weight excluding hydrogens is 346 g/mol. The minimum atomic E-state index is -0.321. The number of carbonyl (C=O) groups is 1. The van der Waals surface area contributed by atoms with Crippen molar-refractivity contribution >= 4 is 17.0 Å². The Bertz CT molecular complexity index is 917. The highest BCUT2D eigenvalue weighted by molar-refractivity contribution is 5.80. The fourth-order valence-corrected chi connectivity index (χ4v) is 4.18. The van der Waals surface area contributed by atoms with Crippen LogP contribution in [0.25, 0.3) is 10.9 Å². The monoisotopic (exact) mass is 371 g/mol. The van der Waals surface area contributed by atoms with E-state index in [1.54, 1.807) is 7.11 Å². The van der Waals surface area contributed by atoms with Crippen LogP contribution in [0.3, 0.4) is 0 Å². The molecule has 7 nitrogen and oxygen atoms in total. The van der Waals surface area contributed by atoms with Gasteiger partial charge in [0.15, 0.2) is 0 Å². The van der Waals surface area contributed by atoms with Crippen LogP contribution in [0.4, 0.5) is 4.79 Å². The van der Waals surface area contributed by atoms with E-state index in [2.05, 4.69) is 22.1 Å². The summed E-state index contributed by atoms with van der Waals surface area (Å²) in [4.78, 5) is 29.1. The Morgan fingerprint density at radius 1 is 1.26 bits per heavy atom. The second-order valence-electron chi connectivity index (χ2n) is 7.75. The molecule has 0 radical (unpaired) electrons. The van der Waals surface area contributed by atoms with Crippen molar-refractivity contribution in [1.29, 1.82) is 0 Å². The summed E-state index contributed by atoms with van der Waals surface area (Å²) in [6.45, 7) is 4.90. The molecule has 2 aliphatic rings. The van der Waals surface area contributed by atoms with Gasteiger partial charge in [-0.25, -0.2) is 4.79 Å². The van der Waals surface area contributed by atoms with E-state index >= 15 is 0 Å². The summed E-state index contributed by atoms with van der Waals surface area (Å²) in [5, 5.41) is 3.93.